The van der Waals surface area contributed by atoms with Crippen LogP contribution in [0, 0.1) is 5.92 Å². The smallest absolute Gasteiger partial charge is 0.0950 e. The largest absolute Gasteiger partial charge is 0.332 e. The van der Waals surface area contributed by atoms with Crippen molar-refractivity contribution in [2.45, 2.75) is 51.5 Å². The molecule has 0 amide bonds. The van der Waals surface area contributed by atoms with Crippen LogP contribution in [-0.2, 0) is 6.42 Å². The van der Waals surface area contributed by atoms with E-state index in [0.29, 0.717) is 12.0 Å². The molecule has 1 unspecified atom stereocenters. The third-order valence-electron chi connectivity index (χ3n) is 3.67. The number of hydrogen-bond donors (Lipinski definition) is 1. The van der Waals surface area contributed by atoms with Gasteiger partial charge in [0.05, 0.1) is 6.33 Å². The van der Waals surface area contributed by atoms with Crippen LogP contribution in [0.15, 0.2) is 12.5 Å². The molecule has 1 aromatic heterocycles. The van der Waals surface area contributed by atoms with Crippen molar-refractivity contribution in [2.75, 3.05) is 6.54 Å². The zero-order chi connectivity index (χ0) is 11.4. The quantitative estimate of drug-likeness (QED) is 0.849. The van der Waals surface area contributed by atoms with Crippen LogP contribution in [0.3, 0.4) is 0 Å². The molecule has 0 aliphatic heterocycles. The SMILES string of the molecule is CC(CN)Cc1cncn1C1CCCCC1. The predicted octanol–water partition coefficient (Wildman–Crippen LogP) is 2.53. The Morgan fingerprint density at radius 1 is 1.44 bits per heavy atom. The topological polar surface area (TPSA) is 43.8 Å². The Kier molecular flexibility index (Phi) is 3.99. The number of nitrogens with zero attached hydrogens (tertiary/aromatic N) is 2. The molecule has 0 radical (unpaired) electrons. The maximum Gasteiger partial charge on any atom is 0.0950 e. The molecule has 1 heterocycles. The molecule has 1 atom stereocenters. The van der Waals surface area contributed by atoms with E-state index >= 15 is 0 Å². The van der Waals surface area contributed by atoms with E-state index in [-0.39, 0.29) is 0 Å². The van der Waals surface area contributed by atoms with Gasteiger partial charge in [0.1, 0.15) is 0 Å². The van der Waals surface area contributed by atoms with Crippen molar-refractivity contribution in [3.05, 3.63) is 18.2 Å². The van der Waals surface area contributed by atoms with Crippen molar-refractivity contribution in [1.82, 2.24) is 9.55 Å². The van der Waals surface area contributed by atoms with Crippen LogP contribution < -0.4 is 5.73 Å². The summed E-state index contributed by atoms with van der Waals surface area (Å²) in [5.41, 5.74) is 7.05. The molecule has 1 saturated carbocycles. The van der Waals surface area contributed by atoms with Crippen molar-refractivity contribution in [2.24, 2.45) is 11.7 Å². The van der Waals surface area contributed by atoms with Gasteiger partial charge in [0.2, 0.25) is 0 Å². The van der Waals surface area contributed by atoms with Crippen molar-refractivity contribution in [1.29, 1.82) is 0 Å². The van der Waals surface area contributed by atoms with Gasteiger partial charge in [0.25, 0.3) is 0 Å². The summed E-state index contributed by atoms with van der Waals surface area (Å²) in [6.07, 6.45) is 11.9. The summed E-state index contributed by atoms with van der Waals surface area (Å²) in [6.45, 7) is 2.97. The highest BCUT2D eigenvalue weighted by atomic mass is 15.1. The minimum Gasteiger partial charge on any atom is -0.332 e. The zero-order valence-electron chi connectivity index (χ0n) is 10.2. The van der Waals surface area contributed by atoms with E-state index in [1.807, 2.05) is 12.5 Å². The number of imidazole rings is 1. The third kappa shape index (κ3) is 2.64. The van der Waals surface area contributed by atoms with E-state index in [0.717, 1.165) is 13.0 Å². The maximum absolute atomic E-state index is 5.69. The second-order valence-corrected chi connectivity index (χ2v) is 5.13. The molecule has 1 fully saturated rings. The second-order valence-electron chi connectivity index (χ2n) is 5.13. The average Bonchev–Trinajstić information content (AvgIpc) is 2.78. The number of rotatable bonds is 4. The summed E-state index contributed by atoms with van der Waals surface area (Å²) in [6, 6.07) is 0.691. The average molecular weight is 221 g/mol. The molecule has 1 aliphatic rings. The fourth-order valence-electron chi connectivity index (χ4n) is 2.62. The van der Waals surface area contributed by atoms with Gasteiger partial charge in [0.15, 0.2) is 0 Å². The molecular formula is C13H23N3. The molecule has 90 valence electrons. The molecule has 0 spiro atoms. The van der Waals surface area contributed by atoms with Crippen LogP contribution in [0.4, 0.5) is 0 Å². The zero-order valence-corrected chi connectivity index (χ0v) is 10.2. The van der Waals surface area contributed by atoms with Gasteiger partial charge in [-0.05, 0) is 31.7 Å². The lowest BCUT2D eigenvalue weighted by molar-refractivity contribution is 0.343. The lowest BCUT2D eigenvalue weighted by Gasteiger charge is -2.25. The summed E-state index contributed by atoms with van der Waals surface area (Å²) in [5.74, 6) is 0.555. The van der Waals surface area contributed by atoms with Gasteiger partial charge in [0, 0.05) is 17.9 Å². The monoisotopic (exact) mass is 221 g/mol. The lowest BCUT2D eigenvalue weighted by atomic mass is 9.94. The summed E-state index contributed by atoms with van der Waals surface area (Å²) in [5, 5.41) is 0. The summed E-state index contributed by atoms with van der Waals surface area (Å²) >= 11 is 0. The van der Waals surface area contributed by atoms with Crippen molar-refractivity contribution >= 4 is 0 Å². The Morgan fingerprint density at radius 2 is 2.19 bits per heavy atom. The van der Waals surface area contributed by atoms with E-state index in [4.69, 9.17) is 5.73 Å². The number of nitrogens with two attached hydrogens (primary N) is 1. The highest BCUT2D eigenvalue weighted by molar-refractivity contribution is 5.02. The van der Waals surface area contributed by atoms with Gasteiger partial charge in [-0.2, -0.15) is 0 Å². The first-order valence-corrected chi connectivity index (χ1v) is 6.52. The highest BCUT2D eigenvalue weighted by Crippen LogP contribution is 2.29. The fraction of sp³-hybridized carbons (Fsp3) is 0.769. The Morgan fingerprint density at radius 3 is 2.88 bits per heavy atom. The first-order valence-electron chi connectivity index (χ1n) is 6.52. The van der Waals surface area contributed by atoms with Crippen LogP contribution in [0.25, 0.3) is 0 Å². The van der Waals surface area contributed by atoms with Crippen LogP contribution in [0.1, 0.15) is 50.8 Å². The molecule has 2 rings (SSSR count). The fourth-order valence-corrected chi connectivity index (χ4v) is 2.62. The second kappa shape index (κ2) is 5.48. The van der Waals surface area contributed by atoms with Crippen LogP contribution >= 0.6 is 0 Å². The molecule has 1 aliphatic carbocycles. The molecule has 3 nitrogen and oxygen atoms in total. The summed E-state index contributed by atoms with van der Waals surface area (Å²) in [4.78, 5) is 4.31. The van der Waals surface area contributed by atoms with E-state index in [2.05, 4.69) is 16.5 Å². The first kappa shape index (κ1) is 11.6. The Hall–Kier alpha value is -0.830. The highest BCUT2D eigenvalue weighted by Gasteiger charge is 2.18. The number of aromatic nitrogens is 2. The lowest BCUT2D eigenvalue weighted by Crippen LogP contribution is -2.18. The molecule has 1 aromatic rings. The molecular weight excluding hydrogens is 198 g/mol. The van der Waals surface area contributed by atoms with Crippen LogP contribution in [0.2, 0.25) is 0 Å². The molecule has 3 heteroatoms. The van der Waals surface area contributed by atoms with Gasteiger partial charge >= 0.3 is 0 Å². The minimum atomic E-state index is 0.555. The van der Waals surface area contributed by atoms with Gasteiger partial charge in [-0.3, -0.25) is 0 Å². The van der Waals surface area contributed by atoms with E-state index in [9.17, 15) is 0 Å². The van der Waals surface area contributed by atoms with Gasteiger partial charge in [-0.1, -0.05) is 26.2 Å². The standard InChI is InChI=1S/C13H23N3/c1-11(8-14)7-13-9-15-10-16(13)12-5-3-2-4-6-12/h9-12H,2-8,14H2,1H3. The predicted molar refractivity (Wildman–Crippen MR) is 66.3 cm³/mol. The maximum atomic E-state index is 5.69. The van der Waals surface area contributed by atoms with Crippen molar-refractivity contribution < 1.29 is 0 Å². The summed E-state index contributed by atoms with van der Waals surface area (Å²) in [7, 11) is 0. The molecule has 0 saturated heterocycles. The van der Waals surface area contributed by atoms with Gasteiger partial charge in [-0.25, -0.2) is 4.98 Å². The van der Waals surface area contributed by atoms with E-state index in [1.165, 1.54) is 37.8 Å². The van der Waals surface area contributed by atoms with E-state index in [1.54, 1.807) is 0 Å². The molecule has 0 bridgehead atoms. The van der Waals surface area contributed by atoms with Crippen molar-refractivity contribution in [3.63, 3.8) is 0 Å². The molecule has 2 N–H and O–H groups in total. The molecule has 16 heavy (non-hydrogen) atoms. The van der Waals surface area contributed by atoms with Gasteiger partial charge < -0.3 is 10.3 Å². The number of hydrogen-bond acceptors (Lipinski definition) is 2. The van der Waals surface area contributed by atoms with Crippen LogP contribution in [0.5, 0.6) is 0 Å². The normalized spacial score (nSPS) is 19.9. The Labute approximate surface area is 98.1 Å². The minimum absolute atomic E-state index is 0.555. The Balaban J connectivity index is 2.05. The van der Waals surface area contributed by atoms with Crippen LogP contribution in [-0.4, -0.2) is 16.1 Å². The Bertz CT molecular complexity index is 313. The van der Waals surface area contributed by atoms with Gasteiger partial charge in [-0.15, -0.1) is 0 Å². The van der Waals surface area contributed by atoms with Crippen molar-refractivity contribution in [3.8, 4) is 0 Å². The van der Waals surface area contributed by atoms with E-state index < -0.39 is 0 Å². The molecule has 0 aromatic carbocycles. The summed E-state index contributed by atoms with van der Waals surface area (Å²) < 4.78 is 2.39. The third-order valence-corrected chi connectivity index (χ3v) is 3.67. The first-order chi connectivity index (χ1) is 7.81.